The molecule has 0 aromatic heterocycles. The lowest BCUT2D eigenvalue weighted by atomic mass is 10.1. The van der Waals surface area contributed by atoms with Crippen LogP contribution < -0.4 is 16.2 Å². The van der Waals surface area contributed by atoms with Crippen molar-refractivity contribution in [3.63, 3.8) is 0 Å². The number of carbonyl (C=O) groups is 1. The molecule has 0 spiro atoms. The van der Waals surface area contributed by atoms with Crippen molar-refractivity contribution in [1.82, 2.24) is 26.0 Å². The molecule has 2 atom stereocenters. The van der Waals surface area contributed by atoms with Crippen LogP contribution in [0.4, 0.5) is 0 Å². The first-order chi connectivity index (χ1) is 11.8. The lowest BCUT2D eigenvalue weighted by molar-refractivity contribution is -0.124. The summed E-state index contributed by atoms with van der Waals surface area (Å²) in [6, 6.07) is 10.6. The Bertz CT molecular complexity index is 611. The van der Waals surface area contributed by atoms with Crippen LogP contribution in [0.15, 0.2) is 35.3 Å². The van der Waals surface area contributed by atoms with Crippen molar-refractivity contribution in [3.8, 4) is 0 Å². The van der Waals surface area contributed by atoms with Crippen LogP contribution in [-0.2, 0) is 11.2 Å². The van der Waals surface area contributed by atoms with Crippen LogP contribution >= 0.6 is 0 Å². The molecule has 0 bridgehead atoms. The van der Waals surface area contributed by atoms with E-state index >= 15 is 0 Å². The summed E-state index contributed by atoms with van der Waals surface area (Å²) in [6.45, 7) is 5.52. The highest BCUT2D eigenvalue weighted by molar-refractivity contribution is 6.00. The van der Waals surface area contributed by atoms with E-state index in [1.54, 1.807) is 0 Å². The molecular weight excluding hydrogens is 304 g/mol. The normalized spacial score (nSPS) is 27.6. The largest absolute Gasteiger partial charge is 0.340 e. The number of aliphatic imine (C=N–C) groups is 1. The van der Waals surface area contributed by atoms with E-state index < -0.39 is 0 Å². The van der Waals surface area contributed by atoms with Crippen molar-refractivity contribution < 1.29 is 4.79 Å². The van der Waals surface area contributed by atoms with Crippen molar-refractivity contribution in [3.05, 3.63) is 35.9 Å². The van der Waals surface area contributed by atoms with E-state index in [9.17, 15) is 4.79 Å². The molecular formula is C17H24N6O. The van der Waals surface area contributed by atoms with Gasteiger partial charge in [0.2, 0.25) is 11.9 Å². The zero-order valence-corrected chi connectivity index (χ0v) is 13.7. The lowest BCUT2D eigenvalue weighted by Crippen LogP contribution is -2.58. The number of nitrogens with zero attached hydrogens (tertiary/aromatic N) is 3. The summed E-state index contributed by atoms with van der Waals surface area (Å²) >= 11 is 0. The molecule has 2 fully saturated rings. The number of piperazine rings is 1. The van der Waals surface area contributed by atoms with Gasteiger partial charge in [-0.25, -0.2) is 10.4 Å². The van der Waals surface area contributed by atoms with Crippen LogP contribution in [0.25, 0.3) is 0 Å². The Balaban J connectivity index is 1.29. The molecule has 3 N–H and O–H groups in total. The number of guanidine groups is 1. The SMILES string of the molecule is O=C1NC(N2CCN(CCc3ccccc3)CC2)=NC2NNCC12. The topological polar surface area (TPSA) is 72.0 Å². The Labute approximate surface area is 142 Å². The second-order valence-corrected chi connectivity index (χ2v) is 6.58. The molecule has 4 rings (SSSR count). The minimum absolute atomic E-state index is 0.0639. The highest BCUT2D eigenvalue weighted by Gasteiger charge is 2.38. The van der Waals surface area contributed by atoms with Gasteiger partial charge in [0.15, 0.2) is 0 Å². The molecule has 3 heterocycles. The summed E-state index contributed by atoms with van der Waals surface area (Å²) in [5, 5.41) is 2.97. The summed E-state index contributed by atoms with van der Waals surface area (Å²) in [7, 11) is 0. The van der Waals surface area contributed by atoms with Gasteiger partial charge in [0.1, 0.15) is 6.17 Å². The van der Waals surface area contributed by atoms with E-state index in [0.717, 1.165) is 45.1 Å². The molecule has 7 nitrogen and oxygen atoms in total. The van der Waals surface area contributed by atoms with Crippen LogP contribution in [0.1, 0.15) is 5.56 Å². The molecule has 2 saturated heterocycles. The predicted molar refractivity (Wildman–Crippen MR) is 92.2 cm³/mol. The number of fused-ring (bicyclic) bond motifs is 1. The Kier molecular flexibility index (Phi) is 4.46. The smallest absolute Gasteiger partial charge is 0.234 e. The van der Waals surface area contributed by atoms with Gasteiger partial charge in [-0.05, 0) is 12.0 Å². The van der Waals surface area contributed by atoms with Crippen LogP contribution in [0.3, 0.4) is 0 Å². The molecule has 128 valence electrons. The molecule has 1 aromatic carbocycles. The molecule has 3 aliphatic heterocycles. The summed E-state index contributed by atoms with van der Waals surface area (Å²) in [4.78, 5) is 21.5. The molecule has 1 aromatic rings. The fourth-order valence-electron chi connectivity index (χ4n) is 3.49. The summed E-state index contributed by atoms with van der Waals surface area (Å²) in [5.41, 5.74) is 7.47. The van der Waals surface area contributed by atoms with Crippen LogP contribution in [0.2, 0.25) is 0 Å². The van der Waals surface area contributed by atoms with Crippen molar-refractivity contribution in [1.29, 1.82) is 0 Å². The van der Waals surface area contributed by atoms with Gasteiger partial charge in [0, 0.05) is 39.3 Å². The first-order valence-corrected chi connectivity index (χ1v) is 8.68. The molecule has 0 saturated carbocycles. The second-order valence-electron chi connectivity index (χ2n) is 6.58. The second kappa shape index (κ2) is 6.88. The molecule has 24 heavy (non-hydrogen) atoms. The van der Waals surface area contributed by atoms with Gasteiger partial charge in [0.05, 0.1) is 5.92 Å². The highest BCUT2D eigenvalue weighted by Crippen LogP contribution is 2.15. The monoisotopic (exact) mass is 328 g/mol. The van der Waals surface area contributed by atoms with Crippen molar-refractivity contribution in [2.45, 2.75) is 12.6 Å². The van der Waals surface area contributed by atoms with E-state index in [-0.39, 0.29) is 18.0 Å². The number of hydrazine groups is 1. The molecule has 7 heteroatoms. The molecule has 2 unspecified atom stereocenters. The van der Waals surface area contributed by atoms with Gasteiger partial charge in [-0.1, -0.05) is 30.3 Å². The maximum Gasteiger partial charge on any atom is 0.234 e. The molecule has 0 aliphatic carbocycles. The van der Waals surface area contributed by atoms with Crippen molar-refractivity contribution >= 4 is 11.9 Å². The van der Waals surface area contributed by atoms with E-state index in [1.165, 1.54) is 5.56 Å². The first-order valence-electron chi connectivity index (χ1n) is 8.68. The maximum absolute atomic E-state index is 12.1. The van der Waals surface area contributed by atoms with Gasteiger partial charge in [-0.3, -0.25) is 20.4 Å². The Morgan fingerprint density at radius 3 is 2.71 bits per heavy atom. The number of nitrogens with one attached hydrogen (secondary N) is 3. The van der Waals surface area contributed by atoms with Gasteiger partial charge in [0.25, 0.3) is 0 Å². The Morgan fingerprint density at radius 2 is 1.92 bits per heavy atom. The summed E-state index contributed by atoms with van der Waals surface area (Å²) in [5.74, 6) is 0.690. The Hall–Kier alpha value is -1.96. The zero-order valence-electron chi connectivity index (χ0n) is 13.7. The number of rotatable bonds is 3. The standard InChI is InChI=1S/C17H24N6O/c24-16-14-12-18-21-15(14)19-17(20-16)23-10-8-22(9-11-23)7-6-13-4-2-1-3-5-13/h1-5,14-15,18,21H,6-12H2,(H,19,20,24). The number of amides is 1. The van der Waals surface area contributed by atoms with E-state index in [0.29, 0.717) is 6.54 Å². The van der Waals surface area contributed by atoms with Gasteiger partial charge in [-0.2, -0.15) is 0 Å². The van der Waals surface area contributed by atoms with Crippen LogP contribution in [-0.4, -0.2) is 67.1 Å². The van der Waals surface area contributed by atoms with Gasteiger partial charge in [-0.15, -0.1) is 0 Å². The summed E-state index contributed by atoms with van der Waals surface area (Å²) in [6.07, 6.45) is 0.947. The van der Waals surface area contributed by atoms with Crippen LogP contribution in [0.5, 0.6) is 0 Å². The number of benzene rings is 1. The van der Waals surface area contributed by atoms with Gasteiger partial charge < -0.3 is 4.90 Å². The van der Waals surface area contributed by atoms with Gasteiger partial charge >= 0.3 is 0 Å². The zero-order chi connectivity index (χ0) is 16.4. The molecule has 1 amide bonds. The minimum Gasteiger partial charge on any atom is -0.340 e. The minimum atomic E-state index is -0.134. The molecule has 0 radical (unpaired) electrons. The third-order valence-corrected chi connectivity index (χ3v) is 5.02. The average Bonchev–Trinajstić information content (AvgIpc) is 3.10. The summed E-state index contributed by atoms with van der Waals surface area (Å²) < 4.78 is 0. The maximum atomic E-state index is 12.1. The van der Waals surface area contributed by atoms with E-state index in [2.05, 4.69) is 61.3 Å². The quantitative estimate of drug-likeness (QED) is 0.690. The van der Waals surface area contributed by atoms with E-state index in [1.807, 2.05) is 0 Å². The van der Waals surface area contributed by atoms with Crippen molar-refractivity contribution in [2.24, 2.45) is 10.9 Å². The number of hydrogen-bond donors (Lipinski definition) is 3. The fourth-order valence-corrected chi connectivity index (χ4v) is 3.49. The van der Waals surface area contributed by atoms with Crippen molar-refractivity contribution in [2.75, 3.05) is 39.3 Å². The van der Waals surface area contributed by atoms with Crippen LogP contribution in [0, 0.1) is 5.92 Å². The fraction of sp³-hybridized carbons (Fsp3) is 0.529. The lowest BCUT2D eigenvalue weighted by Gasteiger charge is -2.38. The third-order valence-electron chi connectivity index (χ3n) is 5.02. The molecule has 3 aliphatic rings. The average molecular weight is 328 g/mol. The van der Waals surface area contributed by atoms with E-state index in [4.69, 9.17) is 0 Å². The predicted octanol–water partition coefficient (Wildman–Crippen LogP) is -0.617. The third kappa shape index (κ3) is 3.28. The Morgan fingerprint density at radius 1 is 1.12 bits per heavy atom. The number of hydrogen-bond acceptors (Lipinski definition) is 6. The number of carbonyl (C=O) groups excluding carboxylic acids is 1. The highest BCUT2D eigenvalue weighted by atomic mass is 16.2. The first kappa shape index (κ1) is 15.6.